The molecule has 0 spiro atoms. The summed E-state index contributed by atoms with van der Waals surface area (Å²) in [5.74, 6) is 6.12. The van der Waals surface area contributed by atoms with Gasteiger partial charge in [0.15, 0.2) is 0 Å². The fraction of sp³-hybridized carbons (Fsp3) is 0.562. The third-order valence-electron chi connectivity index (χ3n) is 3.01. The first-order valence-corrected chi connectivity index (χ1v) is 6.88. The molecule has 0 aromatic carbocycles. The molecular weight excluding hydrogens is 220 g/mol. The van der Waals surface area contributed by atoms with Crippen LogP contribution in [0.15, 0.2) is 24.5 Å². The number of rotatable bonds is 8. The summed E-state index contributed by atoms with van der Waals surface area (Å²) < 4.78 is 0. The Morgan fingerprint density at radius 2 is 2.06 bits per heavy atom. The van der Waals surface area contributed by atoms with Crippen molar-refractivity contribution in [3.8, 4) is 11.8 Å². The molecule has 1 rings (SSSR count). The fourth-order valence-electron chi connectivity index (χ4n) is 1.96. The van der Waals surface area contributed by atoms with Gasteiger partial charge in [-0.15, -0.1) is 11.8 Å². The second kappa shape index (κ2) is 9.67. The minimum absolute atomic E-state index is 0.582. The maximum Gasteiger partial charge on any atom is 0.0270 e. The van der Waals surface area contributed by atoms with E-state index >= 15 is 0 Å². The van der Waals surface area contributed by atoms with Crippen LogP contribution in [0, 0.1) is 11.8 Å². The highest BCUT2D eigenvalue weighted by molar-refractivity contribution is 5.09. The van der Waals surface area contributed by atoms with Crippen molar-refractivity contribution in [1.29, 1.82) is 0 Å². The third-order valence-corrected chi connectivity index (χ3v) is 3.01. The molecule has 98 valence electrons. The Balaban J connectivity index is 2.36. The van der Waals surface area contributed by atoms with E-state index in [1.54, 1.807) is 0 Å². The Kier molecular flexibility index (Phi) is 7.92. The van der Waals surface area contributed by atoms with Crippen LogP contribution >= 0.6 is 0 Å². The summed E-state index contributed by atoms with van der Waals surface area (Å²) in [6.45, 7) is 5.21. The predicted molar refractivity (Wildman–Crippen MR) is 77.3 cm³/mol. The first kappa shape index (κ1) is 14.7. The smallest absolute Gasteiger partial charge is 0.0270 e. The van der Waals surface area contributed by atoms with Gasteiger partial charge in [-0.2, -0.15) is 0 Å². The van der Waals surface area contributed by atoms with Crippen molar-refractivity contribution < 1.29 is 0 Å². The van der Waals surface area contributed by atoms with E-state index in [-0.39, 0.29) is 0 Å². The van der Waals surface area contributed by atoms with Crippen LogP contribution in [0.4, 0.5) is 0 Å². The van der Waals surface area contributed by atoms with Crippen molar-refractivity contribution in [2.45, 2.75) is 52.0 Å². The van der Waals surface area contributed by atoms with Crippen molar-refractivity contribution in [2.24, 2.45) is 0 Å². The molecule has 0 aliphatic carbocycles. The van der Waals surface area contributed by atoms with E-state index in [1.165, 1.54) is 18.4 Å². The van der Waals surface area contributed by atoms with Gasteiger partial charge in [0.25, 0.3) is 0 Å². The van der Waals surface area contributed by atoms with Gasteiger partial charge in [-0.1, -0.05) is 6.92 Å². The molecule has 1 atom stereocenters. The van der Waals surface area contributed by atoms with E-state index in [1.807, 2.05) is 19.3 Å². The molecule has 0 aliphatic heterocycles. The average molecular weight is 244 g/mol. The molecule has 0 saturated heterocycles. The molecule has 0 saturated carbocycles. The van der Waals surface area contributed by atoms with E-state index in [0.717, 1.165) is 25.8 Å². The highest BCUT2D eigenvalue weighted by Gasteiger charge is 2.07. The van der Waals surface area contributed by atoms with Gasteiger partial charge in [0.1, 0.15) is 0 Å². The van der Waals surface area contributed by atoms with Gasteiger partial charge in [0.05, 0.1) is 0 Å². The van der Waals surface area contributed by atoms with Gasteiger partial charge in [-0.25, -0.2) is 0 Å². The molecule has 2 nitrogen and oxygen atoms in total. The number of hydrogen-bond acceptors (Lipinski definition) is 2. The van der Waals surface area contributed by atoms with E-state index in [2.05, 4.69) is 41.2 Å². The van der Waals surface area contributed by atoms with Crippen molar-refractivity contribution in [2.75, 3.05) is 6.54 Å². The molecule has 0 bridgehead atoms. The van der Waals surface area contributed by atoms with Crippen LogP contribution in [-0.4, -0.2) is 17.6 Å². The Morgan fingerprint density at radius 3 is 2.72 bits per heavy atom. The third kappa shape index (κ3) is 6.42. The molecule has 0 fully saturated rings. The molecule has 1 aromatic heterocycles. The quantitative estimate of drug-likeness (QED) is 0.710. The van der Waals surface area contributed by atoms with Crippen LogP contribution in [0.5, 0.6) is 0 Å². The van der Waals surface area contributed by atoms with Gasteiger partial charge in [0, 0.05) is 24.9 Å². The van der Waals surface area contributed by atoms with Crippen LogP contribution < -0.4 is 5.32 Å². The van der Waals surface area contributed by atoms with E-state index < -0.39 is 0 Å². The van der Waals surface area contributed by atoms with Gasteiger partial charge < -0.3 is 5.32 Å². The second-order valence-corrected chi connectivity index (χ2v) is 4.51. The summed E-state index contributed by atoms with van der Waals surface area (Å²) in [6.07, 6.45) is 9.35. The molecular formula is C16H24N2. The molecule has 0 aliphatic rings. The van der Waals surface area contributed by atoms with Gasteiger partial charge in [0.2, 0.25) is 0 Å². The van der Waals surface area contributed by atoms with Crippen LogP contribution in [0.25, 0.3) is 0 Å². The second-order valence-electron chi connectivity index (χ2n) is 4.51. The minimum Gasteiger partial charge on any atom is -0.314 e. The molecule has 18 heavy (non-hydrogen) atoms. The Bertz CT molecular complexity index is 362. The summed E-state index contributed by atoms with van der Waals surface area (Å²) in [4.78, 5) is 4.05. The minimum atomic E-state index is 0.582. The first-order valence-electron chi connectivity index (χ1n) is 6.88. The van der Waals surface area contributed by atoms with E-state index in [4.69, 9.17) is 0 Å². The molecule has 0 radical (unpaired) electrons. The first-order chi connectivity index (χ1) is 8.86. The largest absolute Gasteiger partial charge is 0.314 e. The van der Waals surface area contributed by atoms with Crippen molar-refractivity contribution in [1.82, 2.24) is 10.3 Å². The summed E-state index contributed by atoms with van der Waals surface area (Å²) in [6, 6.07) is 4.78. The number of nitrogens with one attached hydrogen (secondary N) is 1. The standard InChI is InChI=1S/C16H24N2/c1-3-5-6-7-16(18-12-4-2)9-8-15-10-13-17-14-11-15/h10-11,13-14,16,18H,4,6-9,12H2,1-2H3. The Labute approximate surface area is 111 Å². The number of aryl methyl sites for hydroxylation is 1. The van der Waals surface area contributed by atoms with Crippen LogP contribution in [0.3, 0.4) is 0 Å². The predicted octanol–water partition coefficient (Wildman–Crippen LogP) is 3.19. The van der Waals surface area contributed by atoms with Crippen LogP contribution in [0.2, 0.25) is 0 Å². The Hall–Kier alpha value is -1.33. The number of aromatic nitrogens is 1. The van der Waals surface area contributed by atoms with Gasteiger partial charge >= 0.3 is 0 Å². The molecule has 1 heterocycles. The van der Waals surface area contributed by atoms with E-state index in [9.17, 15) is 0 Å². The monoisotopic (exact) mass is 244 g/mol. The zero-order chi connectivity index (χ0) is 13.1. The van der Waals surface area contributed by atoms with Crippen LogP contribution in [0.1, 0.15) is 45.1 Å². The topological polar surface area (TPSA) is 24.9 Å². The lowest BCUT2D eigenvalue weighted by atomic mass is 10.0. The van der Waals surface area contributed by atoms with Crippen molar-refractivity contribution in [3.63, 3.8) is 0 Å². The van der Waals surface area contributed by atoms with Crippen molar-refractivity contribution in [3.05, 3.63) is 30.1 Å². The van der Waals surface area contributed by atoms with Gasteiger partial charge in [-0.3, -0.25) is 4.98 Å². The number of pyridine rings is 1. The summed E-state index contributed by atoms with van der Waals surface area (Å²) in [5, 5.41) is 3.62. The lowest BCUT2D eigenvalue weighted by molar-refractivity contribution is 0.458. The maximum absolute atomic E-state index is 4.05. The summed E-state index contributed by atoms with van der Waals surface area (Å²) >= 11 is 0. The highest BCUT2D eigenvalue weighted by Crippen LogP contribution is 2.08. The highest BCUT2D eigenvalue weighted by atomic mass is 14.9. The van der Waals surface area contributed by atoms with Crippen molar-refractivity contribution >= 4 is 0 Å². The zero-order valence-electron chi connectivity index (χ0n) is 11.6. The fourth-order valence-corrected chi connectivity index (χ4v) is 1.96. The molecule has 0 amide bonds. The average Bonchev–Trinajstić information content (AvgIpc) is 2.42. The van der Waals surface area contributed by atoms with E-state index in [0.29, 0.717) is 6.04 Å². The summed E-state index contributed by atoms with van der Waals surface area (Å²) in [5.41, 5.74) is 1.37. The number of nitrogens with zero attached hydrogens (tertiary/aromatic N) is 1. The molecule has 2 heteroatoms. The lowest BCUT2D eigenvalue weighted by Crippen LogP contribution is -2.30. The normalized spacial score (nSPS) is 11.7. The maximum atomic E-state index is 4.05. The summed E-state index contributed by atoms with van der Waals surface area (Å²) in [7, 11) is 0. The molecule has 1 unspecified atom stereocenters. The number of hydrogen-bond donors (Lipinski definition) is 1. The van der Waals surface area contributed by atoms with Crippen LogP contribution in [-0.2, 0) is 6.42 Å². The Morgan fingerprint density at radius 1 is 1.28 bits per heavy atom. The SMILES string of the molecule is CC#CCCC(CCc1ccncc1)NCCC. The van der Waals surface area contributed by atoms with Gasteiger partial charge in [-0.05, 0) is 56.8 Å². The molecule has 1 aromatic rings. The zero-order valence-corrected chi connectivity index (χ0v) is 11.6. The lowest BCUT2D eigenvalue weighted by Gasteiger charge is -2.17. The molecule has 1 N–H and O–H groups in total.